The Kier molecular flexibility index (Phi) is 4.55. The van der Waals surface area contributed by atoms with Gasteiger partial charge in [-0.2, -0.15) is 0 Å². The van der Waals surface area contributed by atoms with Crippen molar-refractivity contribution in [1.29, 1.82) is 0 Å². The molecule has 8 unspecified atom stereocenters. The van der Waals surface area contributed by atoms with Crippen LogP contribution in [0.2, 0.25) is 0 Å². The predicted octanol–water partition coefficient (Wildman–Crippen LogP) is 8.49. The van der Waals surface area contributed by atoms with E-state index in [0.29, 0.717) is 38.4 Å². The van der Waals surface area contributed by atoms with Crippen LogP contribution in [0.4, 0.5) is 0 Å². The average Bonchev–Trinajstić information content (AvgIpc) is 3.39. The molecule has 0 aliphatic heterocycles. The summed E-state index contributed by atoms with van der Waals surface area (Å²) in [6.45, 7) is 19.5. The van der Waals surface area contributed by atoms with Crippen molar-refractivity contribution >= 4 is 5.97 Å². The summed E-state index contributed by atoms with van der Waals surface area (Å²) in [7, 11) is 0. The van der Waals surface area contributed by atoms with Gasteiger partial charge in [-0.25, -0.2) is 0 Å². The minimum atomic E-state index is -0.107. The zero-order valence-electron chi connectivity index (χ0n) is 23.4. The van der Waals surface area contributed by atoms with Crippen molar-refractivity contribution in [3.63, 3.8) is 0 Å². The third kappa shape index (κ3) is 2.62. The van der Waals surface area contributed by atoms with Crippen LogP contribution in [0.15, 0.2) is 11.6 Å². The average molecular weight is 467 g/mol. The molecule has 0 heterocycles. The van der Waals surface area contributed by atoms with E-state index in [-0.39, 0.29) is 17.5 Å². The fraction of sp³-hybridized carbons (Fsp3) is 0.906. The molecule has 5 fully saturated rings. The van der Waals surface area contributed by atoms with Crippen LogP contribution in [0.25, 0.3) is 0 Å². The number of esters is 1. The molecule has 0 N–H and O–H groups in total. The summed E-state index contributed by atoms with van der Waals surface area (Å²) in [5.41, 5.74) is 4.73. The third-order valence-electron chi connectivity index (χ3n) is 13.9. The van der Waals surface area contributed by atoms with Gasteiger partial charge in [0.05, 0.1) is 0 Å². The summed E-state index contributed by atoms with van der Waals surface area (Å²) in [5.74, 6) is 1.26. The second-order valence-electron chi connectivity index (χ2n) is 16.1. The highest BCUT2D eigenvalue weighted by atomic mass is 16.5. The Hall–Kier alpha value is -0.790. The third-order valence-corrected chi connectivity index (χ3v) is 13.9. The molecule has 190 valence electrons. The molecule has 0 saturated heterocycles. The summed E-state index contributed by atoms with van der Waals surface area (Å²) in [6.07, 6.45) is 17.7. The van der Waals surface area contributed by atoms with E-state index < -0.39 is 0 Å². The van der Waals surface area contributed by atoms with Gasteiger partial charge in [0.2, 0.25) is 0 Å². The van der Waals surface area contributed by atoms with Crippen molar-refractivity contribution in [3.8, 4) is 0 Å². The first-order valence-corrected chi connectivity index (χ1v) is 14.5. The number of carbonyl (C=O) groups is 1. The van der Waals surface area contributed by atoms with Gasteiger partial charge in [0.1, 0.15) is 6.10 Å². The van der Waals surface area contributed by atoms with E-state index in [2.05, 4.69) is 54.5 Å². The minimum absolute atomic E-state index is 0.0508. The number of allylic oxidation sites excluding steroid dienone is 2. The fourth-order valence-electron chi connectivity index (χ4n) is 12.1. The molecule has 0 aromatic heterocycles. The van der Waals surface area contributed by atoms with Crippen LogP contribution in [0.1, 0.15) is 126 Å². The largest absolute Gasteiger partial charge is 0.462 e. The van der Waals surface area contributed by atoms with E-state index in [9.17, 15) is 4.79 Å². The monoisotopic (exact) mass is 466 g/mol. The lowest BCUT2D eigenvalue weighted by Crippen LogP contribution is -2.64. The van der Waals surface area contributed by atoms with Gasteiger partial charge in [0.25, 0.3) is 0 Å². The summed E-state index contributed by atoms with van der Waals surface area (Å²) in [6, 6.07) is 0. The molecule has 6 rings (SSSR count). The van der Waals surface area contributed by atoms with Crippen molar-refractivity contribution in [3.05, 3.63) is 11.6 Å². The van der Waals surface area contributed by atoms with Crippen molar-refractivity contribution in [2.24, 2.45) is 49.7 Å². The molecule has 0 aromatic carbocycles. The molecular weight excluding hydrogens is 416 g/mol. The number of ether oxygens (including phenoxy) is 1. The van der Waals surface area contributed by atoms with Gasteiger partial charge in [-0.1, -0.05) is 60.1 Å². The normalized spacial score (nSPS) is 54.2. The second kappa shape index (κ2) is 6.55. The minimum Gasteiger partial charge on any atom is -0.462 e. The second-order valence-corrected chi connectivity index (χ2v) is 16.1. The van der Waals surface area contributed by atoms with Gasteiger partial charge in [-0.15, -0.1) is 0 Å². The summed E-state index contributed by atoms with van der Waals surface area (Å²) >= 11 is 0. The molecule has 0 amide bonds. The van der Waals surface area contributed by atoms with Gasteiger partial charge < -0.3 is 4.74 Å². The Bertz CT molecular complexity index is 958. The maximum Gasteiger partial charge on any atom is 0.302 e. The van der Waals surface area contributed by atoms with E-state index >= 15 is 0 Å². The zero-order chi connectivity index (χ0) is 24.6. The first-order valence-electron chi connectivity index (χ1n) is 14.5. The van der Waals surface area contributed by atoms with Crippen LogP contribution in [0.3, 0.4) is 0 Å². The van der Waals surface area contributed by atoms with Crippen molar-refractivity contribution < 1.29 is 9.53 Å². The lowest BCUT2D eigenvalue weighted by Gasteiger charge is -2.70. The Morgan fingerprint density at radius 2 is 1.56 bits per heavy atom. The molecule has 8 atom stereocenters. The highest BCUT2D eigenvalue weighted by molar-refractivity contribution is 5.66. The topological polar surface area (TPSA) is 26.3 Å². The molecule has 5 saturated carbocycles. The molecule has 2 nitrogen and oxygen atoms in total. The first-order chi connectivity index (χ1) is 15.7. The van der Waals surface area contributed by atoms with Crippen LogP contribution < -0.4 is 0 Å². The number of hydrogen-bond donors (Lipinski definition) is 0. The van der Waals surface area contributed by atoms with Crippen molar-refractivity contribution in [2.75, 3.05) is 0 Å². The molecule has 2 heteroatoms. The number of rotatable bonds is 1. The lowest BCUT2D eigenvalue weighted by atomic mass is 9.34. The zero-order valence-corrected chi connectivity index (χ0v) is 23.4. The molecule has 6 aliphatic carbocycles. The van der Waals surface area contributed by atoms with Gasteiger partial charge in [-0.3, -0.25) is 4.79 Å². The van der Waals surface area contributed by atoms with Crippen LogP contribution in [-0.4, -0.2) is 12.1 Å². The Labute approximate surface area is 209 Å². The maximum absolute atomic E-state index is 11.9. The van der Waals surface area contributed by atoms with Crippen LogP contribution in [-0.2, 0) is 9.53 Å². The first kappa shape index (κ1) is 23.6. The quantitative estimate of drug-likeness (QED) is 0.286. The SMILES string of the molecule is CC(=O)OC1CCC2(C)C(CCC3(C)C2CC=C2C3(C)CCC34CCC(C)(C)CC23C4)C1(C)C. The maximum atomic E-state index is 11.9. The molecule has 0 bridgehead atoms. The fourth-order valence-corrected chi connectivity index (χ4v) is 12.1. The van der Waals surface area contributed by atoms with E-state index in [1.807, 2.05) is 5.57 Å². The Morgan fingerprint density at radius 1 is 0.853 bits per heavy atom. The van der Waals surface area contributed by atoms with Crippen molar-refractivity contribution in [1.82, 2.24) is 0 Å². The smallest absolute Gasteiger partial charge is 0.302 e. The number of hydrogen-bond acceptors (Lipinski definition) is 2. The van der Waals surface area contributed by atoms with E-state index in [0.717, 1.165) is 12.3 Å². The number of carbonyl (C=O) groups excluding carboxylic acids is 1. The van der Waals surface area contributed by atoms with Gasteiger partial charge in [-0.05, 0) is 115 Å². The Morgan fingerprint density at radius 3 is 2.26 bits per heavy atom. The summed E-state index contributed by atoms with van der Waals surface area (Å²) in [5, 5.41) is 0. The van der Waals surface area contributed by atoms with E-state index in [1.54, 1.807) is 6.92 Å². The lowest BCUT2D eigenvalue weighted by molar-refractivity contribution is -0.210. The Balaban J connectivity index is 1.39. The van der Waals surface area contributed by atoms with Crippen LogP contribution in [0, 0.1) is 49.7 Å². The predicted molar refractivity (Wildman–Crippen MR) is 138 cm³/mol. The molecule has 34 heavy (non-hydrogen) atoms. The molecular formula is C32H50O2. The highest BCUT2D eigenvalue weighted by Crippen LogP contribution is 2.87. The van der Waals surface area contributed by atoms with Gasteiger partial charge in [0, 0.05) is 12.3 Å². The molecule has 6 aliphatic rings. The number of fused-ring (bicyclic) bond motifs is 5. The van der Waals surface area contributed by atoms with E-state index in [1.165, 1.54) is 64.2 Å². The van der Waals surface area contributed by atoms with Crippen LogP contribution in [0.5, 0.6) is 0 Å². The summed E-state index contributed by atoms with van der Waals surface area (Å²) in [4.78, 5) is 11.9. The highest BCUT2D eigenvalue weighted by Gasteiger charge is 2.78. The van der Waals surface area contributed by atoms with Crippen LogP contribution >= 0.6 is 0 Å². The van der Waals surface area contributed by atoms with E-state index in [4.69, 9.17) is 4.74 Å². The van der Waals surface area contributed by atoms with Gasteiger partial charge in [0.15, 0.2) is 0 Å². The molecule has 0 aromatic rings. The standard InChI is InChI=1S/C32H50O2/c1-21(33)34-25-12-13-28(6)22(27(25,4)5)11-14-29(7)23(28)9-10-24-30(29,8)16-18-31-17-15-26(2,3)19-32(24,31)20-31/h10,22-23,25H,9,11-20H2,1-8H3. The van der Waals surface area contributed by atoms with Gasteiger partial charge >= 0.3 is 5.97 Å². The molecule has 0 radical (unpaired) electrons. The summed E-state index contributed by atoms with van der Waals surface area (Å²) < 4.78 is 5.91. The van der Waals surface area contributed by atoms with Crippen molar-refractivity contribution in [2.45, 2.75) is 132 Å². The molecule has 0 spiro atoms.